The second kappa shape index (κ2) is 10.0. The number of nitrogens with zero attached hydrogens (tertiary/aromatic N) is 2. The molecule has 0 aromatic carbocycles. The van der Waals surface area contributed by atoms with Crippen LogP contribution in [0.1, 0.15) is 38.8 Å². The zero-order valence-corrected chi connectivity index (χ0v) is 19.7. The van der Waals surface area contributed by atoms with E-state index in [9.17, 15) is 13.2 Å². The fourth-order valence-electron chi connectivity index (χ4n) is 3.38. The van der Waals surface area contributed by atoms with Crippen LogP contribution in [0, 0.1) is 12.8 Å². The third-order valence-electron chi connectivity index (χ3n) is 4.81. The lowest BCUT2D eigenvalue weighted by atomic mass is 9.96. The van der Waals surface area contributed by atoms with Crippen LogP contribution in [-0.4, -0.2) is 50.7 Å². The Bertz CT molecular complexity index is 1030. The first-order valence-corrected chi connectivity index (χ1v) is 12.4. The highest BCUT2D eigenvalue weighted by molar-refractivity contribution is 7.89. The molecular weight excluding hydrogens is 440 g/mol. The number of hydrogen-bond acceptors (Lipinski definition) is 8. The number of aryl methyl sites for hydroxylation is 1. The van der Waals surface area contributed by atoms with E-state index in [-0.39, 0.29) is 22.7 Å². The number of carbonyl (C=O) groups is 1. The predicted molar refractivity (Wildman–Crippen MR) is 119 cm³/mol. The molecule has 0 bridgehead atoms. The van der Waals surface area contributed by atoms with Crippen LogP contribution in [0.4, 0.5) is 5.13 Å². The molecular formula is C20H28N4O5S2. The Hall–Kier alpha value is -2.08. The maximum absolute atomic E-state index is 12.7. The van der Waals surface area contributed by atoms with E-state index in [0.29, 0.717) is 41.9 Å². The normalized spacial score (nSPS) is 15.3. The van der Waals surface area contributed by atoms with E-state index in [0.717, 1.165) is 17.7 Å². The maximum atomic E-state index is 12.7. The van der Waals surface area contributed by atoms with Gasteiger partial charge >= 0.3 is 0 Å². The van der Waals surface area contributed by atoms with Gasteiger partial charge in [0, 0.05) is 37.4 Å². The Balaban J connectivity index is 1.82. The smallest absolute Gasteiger partial charge is 0.246 e. The number of aromatic nitrogens is 2. The first-order valence-electron chi connectivity index (χ1n) is 10.1. The Morgan fingerprint density at radius 2 is 2.06 bits per heavy atom. The molecule has 0 spiro atoms. The summed E-state index contributed by atoms with van der Waals surface area (Å²) in [6.45, 7) is 6.68. The third kappa shape index (κ3) is 6.00. The van der Waals surface area contributed by atoms with Crippen molar-refractivity contribution in [3.8, 4) is 16.3 Å². The summed E-state index contributed by atoms with van der Waals surface area (Å²) >= 11 is 1.29. The van der Waals surface area contributed by atoms with Gasteiger partial charge in [0.25, 0.3) is 0 Å². The number of ether oxygens (including phenoxy) is 2. The zero-order chi connectivity index (χ0) is 22.6. The lowest BCUT2D eigenvalue weighted by Crippen LogP contribution is -2.30. The molecule has 1 aliphatic heterocycles. The van der Waals surface area contributed by atoms with E-state index in [2.05, 4.69) is 20.0 Å². The van der Waals surface area contributed by atoms with Crippen molar-refractivity contribution in [1.82, 2.24) is 14.7 Å². The van der Waals surface area contributed by atoms with E-state index in [1.165, 1.54) is 24.5 Å². The number of sulfonamides is 1. The van der Waals surface area contributed by atoms with Crippen LogP contribution in [0.2, 0.25) is 0 Å². The van der Waals surface area contributed by atoms with Crippen LogP contribution in [0.25, 0.3) is 10.4 Å². The minimum Gasteiger partial charge on any atom is -0.480 e. The van der Waals surface area contributed by atoms with Crippen molar-refractivity contribution < 1.29 is 22.7 Å². The fraction of sp³-hybridized carbons (Fsp3) is 0.550. The van der Waals surface area contributed by atoms with Crippen LogP contribution < -0.4 is 14.8 Å². The number of amides is 1. The second-order valence-corrected chi connectivity index (χ2v) is 10.4. The molecule has 31 heavy (non-hydrogen) atoms. The number of carbonyl (C=O) groups excluding carboxylic acids is 1. The van der Waals surface area contributed by atoms with Crippen molar-refractivity contribution in [2.24, 2.45) is 5.92 Å². The van der Waals surface area contributed by atoms with Gasteiger partial charge in [-0.3, -0.25) is 4.79 Å². The van der Waals surface area contributed by atoms with Crippen LogP contribution in [0.3, 0.4) is 0 Å². The Kier molecular flexibility index (Phi) is 7.63. The molecule has 0 unspecified atom stereocenters. The maximum Gasteiger partial charge on any atom is 0.246 e. The highest BCUT2D eigenvalue weighted by Crippen LogP contribution is 2.35. The Morgan fingerprint density at radius 1 is 1.35 bits per heavy atom. The van der Waals surface area contributed by atoms with Gasteiger partial charge in [0.15, 0.2) is 5.13 Å². The van der Waals surface area contributed by atoms with Gasteiger partial charge < -0.3 is 14.8 Å². The second-order valence-electron chi connectivity index (χ2n) is 7.75. The average molecular weight is 469 g/mol. The molecule has 0 radical (unpaired) electrons. The fourth-order valence-corrected chi connectivity index (χ4v) is 5.74. The van der Waals surface area contributed by atoms with E-state index in [1.54, 1.807) is 20.0 Å². The van der Waals surface area contributed by atoms with Crippen molar-refractivity contribution in [3.05, 3.63) is 18.0 Å². The summed E-state index contributed by atoms with van der Waals surface area (Å²) < 4.78 is 38.5. The van der Waals surface area contributed by atoms with E-state index in [1.807, 2.05) is 6.92 Å². The Morgan fingerprint density at radius 3 is 2.71 bits per heavy atom. The number of methoxy groups -OCH3 is 1. The molecule has 1 amide bonds. The van der Waals surface area contributed by atoms with Crippen LogP contribution in [0.5, 0.6) is 5.88 Å². The summed E-state index contributed by atoms with van der Waals surface area (Å²) in [4.78, 5) is 21.7. The summed E-state index contributed by atoms with van der Waals surface area (Å²) in [7, 11) is -2.43. The summed E-state index contributed by atoms with van der Waals surface area (Å²) in [5.41, 5.74) is 1.27. The van der Waals surface area contributed by atoms with E-state index in [4.69, 9.17) is 9.47 Å². The Labute approximate surface area is 186 Å². The lowest BCUT2D eigenvalue weighted by molar-refractivity contribution is -0.117. The van der Waals surface area contributed by atoms with E-state index < -0.39 is 10.0 Å². The summed E-state index contributed by atoms with van der Waals surface area (Å²) in [5, 5.41) is 3.34. The number of thiazole rings is 1. The molecule has 11 heteroatoms. The SMILES string of the molecule is COc1ncc(-c2sc(NC(=O)CC3CCOCC3)nc2C)cc1S(=O)(=O)NC(C)C. The average Bonchev–Trinajstić information content (AvgIpc) is 3.07. The molecule has 0 saturated carbocycles. The minimum atomic E-state index is -3.81. The molecule has 1 saturated heterocycles. The third-order valence-corrected chi connectivity index (χ3v) is 7.59. The number of rotatable bonds is 8. The van der Waals surface area contributed by atoms with Crippen LogP contribution >= 0.6 is 11.3 Å². The molecule has 1 fully saturated rings. The summed E-state index contributed by atoms with van der Waals surface area (Å²) in [6, 6.07) is 1.24. The van der Waals surface area contributed by atoms with E-state index >= 15 is 0 Å². The standard InChI is InChI=1S/C20H28N4O5S2/c1-12(2)24-31(26,27)16-10-15(11-21-19(16)28-4)18-13(3)22-20(30-18)23-17(25)9-14-5-7-29-8-6-14/h10-12,14,24H,5-9H2,1-4H3,(H,22,23,25). The highest BCUT2D eigenvalue weighted by atomic mass is 32.2. The van der Waals surface area contributed by atoms with Crippen molar-refractivity contribution in [3.63, 3.8) is 0 Å². The number of anilines is 1. The molecule has 170 valence electrons. The van der Waals surface area contributed by atoms with Gasteiger partial charge in [0.2, 0.25) is 21.8 Å². The number of pyridine rings is 1. The largest absolute Gasteiger partial charge is 0.480 e. The zero-order valence-electron chi connectivity index (χ0n) is 18.1. The van der Waals surface area contributed by atoms with Crippen molar-refractivity contribution >= 4 is 32.4 Å². The van der Waals surface area contributed by atoms with Gasteiger partial charge in [0.1, 0.15) is 4.90 Å². The van der Waals surface area contributed by atoms with Gasteiger partial charge in [-0.1, -0.05) is 11.3 Å². The van der Waals surface area contributed by atoms with Crippen molar-refractivity contribution in [2.45, 2.75) is 51.0 Å². The van der Waals surface area contributed by atoms with Gasteiger partial charge in [0.05, 0.1) is 17.7 Å². The molecule has 0 atom stereocenters. The summed E-state index contributed by atoms with van der Waals surface area (Å²) in [5.74, 6) is 0.259. The topological polar surface area (TPSA) is 120 Å². The monoisotopic (exact) mass is 468 g/mol. The first kappa shape index (κ1) is 23.6. The molecule has 3 heterocycles. The minimum absolute atomic E-state index is 0.0176. The van der Waals surface area contributed by atoms with Gasteiger partial charge in [-0.2, -0.15) is 0 Å². The molecule has 2 aromatic heterocycles. The lowest BCUT2D eigenvalue weighted by Gasteiger charge is -2.20. The molecule has 0 aliphatic carbocycles. The predicted octanol–water partition coefficient (Wildman–Crippen LogP) is 2.96. The van der Waals surface area contributed by atoms with Gasteiger partial charge in [-0.15, -0.1) is 0 Å². The molecule has 1 aliphatic rings. The highest BCUT2D eigenvalue weighted by Gasteiger charge is 2.24. The quantitative estimate of drug-likeness (QED) is 0.611. The van der Waals surface area contributed by atoms with Crippen molar-refractivity contribution in [1.29, 1.82) is 0 Å². The van der Waals surface area contributed by atoms with Gasteiger partial charge in [-0.25, -0.2) is 23.1 Å². The number of hydrogen-bond donors (Lipinski definition) is 2. The molecule has 3 rings (SSSR count). The summed E-state index contributed by atoms with van der Waals surface area (Å²) in [6.07, 6.45) is 3.75. The molecule has 2 aromatic rings. The van der Waals surface area contributed by atoms with Crippen molar-refractivity contribution in [2.75, 3.05) is 25.6 Å². The number of nitrogens with one attached hydrogen (secondary N) is 2. The molecule has 2 N–H and O–H groups in total. The van der Waals surface area contributed by atoms with Crippen LogP contribution in [0.15, 0.2) is 17.2 Å². The first-order chi connectivity index (χ1) is 14.7. The molecule has 9 nitrogen and oxygen atoms in total. The van der Waals surface area contributed by atoms with Crippen LogP contribution in [-0.2, 0) is 19.6 Å². The van der Waals surface area contributed by atoms with Gasteiger partial charge in [-0.05, 0) is 45.6 Å².